The molecule has 3 aliphatic carbocycles. The normalized spacial score (nSPS) is 24.3. The first-order valence-corrected chi connectivity index (χ1v) is 15.0. The van der Waals surface area contributed by atoms with Crippen molar-refractivity contribution in [2.24, 2.45) is 23.2 Å². The predicted molar refractivity (Wildman–Crippen MR) is 120 cm³/mol. The van der Waals surface area contributed by atoms with Gasteiger partial charge in [-0.15, -0.1) is 0 Å². The van der Waals surface area contributed by atoms with Crippen LogP contribution in [0.15, 0.2) is 0 Å². The van der Waals surface area contributed by atoms with Gasteiger partial charge in [-0.1, -0.05) is 0 Å². The van der Waals surface area contributed by atoms with Gasteiger partial charge in [0.15, 0.2) is 0 Å². The third-order valence-electron chi connectivity index (χ3n) is 8.88. The van der Waals surface area contributed by atoms with Crippen molar-refractivity contribution < 1.29 is 0 Å². The van der Waals surface area contributed by atoms with Gasteiger partial charge in [-0.25, -0.2) is 0 Å². The number of hydrogen-bond donors (Lipinski definition) is 0. The average molecular weight is 478 g/mol. The molecule has 3 rings (SSSR count). The minimum absolute atomic E-state index is 0.760. The van der Waals surface area contributed by atoms with Gasteiger partial charge in [0.25, 0.3) is 0 Å². The fourth-order valence-electron chi connectivity index (χ4n) is 7.62. The first kappa shape index (κ1) is 22.5. The molecule has 0 spiro atoms. The Balaban J connectivity index is 1.74. The van der Waals surface area contributed by atoms with E-state index in [2.05, 4.69) is 0 Å². The quantitative estimate of drug-likeness (QED) is 0.218. The van der Waals surface area contributed by atoms with Crippen molar-refractivity contribution in [3.05, 3.63) is 0 Å². The van der Waals surface area contributed by atoms with E-state index in [-0.39, 0.29) is 0 Å². The van der Waals surface area contributed by atoms with E-state index < -0.39 is 0 Å². The van der Waals surface area contributed by atoms with Crippen molar-refractivity contribution >= 4 is 22.5 Å². The molecule has 3 fully saturated rings. The Bertz CT molecular complexity index is 326. The Hall–Kier alpha value is 0.799. The Kier molecular flexibility index (Phi) is 10.4. The summed E-state index contributed by atoms with van der Waals surface area (Å²) in [6.07, 6.45) is 32.6. The van der Waals surface area contributed by atoms with Gasteiger partial charge in [0, 0.05) is 0 Å². The van der Waals surface area contributed by atoms with Crippen molar-refractivity contribution in [2.75, 3.05) is 0 Å². The molecule has 0 aromatic heterocycles. The van der Waals surface area contributed by atoms with Gasteiger partial charge in [-0.05, 0) is 0 Å². The van der Waals surface area contributed by atoms with Crippen molar-refractivity contribution in [1.82, 2.24) is 0 Å². The van der Waals surface area contributed by atoms with Crippen LogP contribution in [0.1, 0.15) is 135 Å². The fraction of sp³-hybridized carbons (Fsp3) is 1.00. The van der Waals surface area contributed by atoms with Crippen LogP contribution in [0.3, 0.4) is 0 Å². The first-order chi connectivity index (χ1) is 13.4. The molecule has 0 nitrogen and oxygen atoms in total. The van der Waals surface area contributed by atoms with Crippen LogP contribution in [0.4, 0.5) is 0 Å². The average Bonchev–Trinajstić information content (AvgIpc) is 2.75. The summed E-state index contributed by atoms with van der Waals surface area (Å²) in [6.45, 7) is 0. The van der Waals surface area contributed by atoms with Crippen molar-refractivity contribution in [3.63, 3.8) is 0 Å². The molecular weight excluding hydrogens is 431 g/mol. The van der Waals surface area contributed by atoms with E-state index in [1.807, 2.05) is 0 Å². The van der Waals surface area contributed by atoms with Crippen LogP contribution < -0.4 is 0 Å². The maximum absolute atomic E-state index is 1.74. The zero-order chi connectivity index (χ0) is 18.8. The van der Waals surface area contributed by atoms with Gasteiger partial charge in [0.2, 0.25) is 0 Å². The summed E-state index contributed by atoms with van der Waals surface area (Å²) in [4.78, 5) is 0. The van der Waals surface area contributed by atoms with Gasteiger partial charge < -0.3 is 0 Å². The summed E-state index contributed by atoms with van der Waals surface area (Å²) in [5, 5.41) is 0. The minimum atomic E-state index is 0.760. The second kappa shape index (κ2) is 12.5. The standard InChI is InChI=1S/C26H47.Sn/c1-2-3-4-5-15-22-26(23-16-9-6-10-17-23,24-18-11-7-12-19-24)25-20-13-8-14-21-25;/h23-25H,1-22H2;. The van der Waals surface area contributed by atoms with Crippen LogP contribution in [0.25, 0.3) is 0 Å². The molecule has 3 saturated carbocycles. The third kappa shape index (κ3) is 6.14. The molecule has 0 unspecified atom stereocenters. The van der Waals surface area contributed by atoms with Gasteiger partial charge in [-0.2, -0.15) is 0 Å². The summed E-state index contributed by atoms with van der Waals surface area (Å²) in [6, 6.07) is 0. The molecule has 0 heterocycles. The second-order valence-corrected chi connectivity index (χ2v) is 11.8. The topological polar surface area (TPSA) is 0 Å². The van der Waals surface area contributed by atoms with E-state index in [1.54, 1.807) is 112 Å². The maximum atomic E-state index is 1.74. The number of hydrogen-bond acceptors (Lipinski definition) is 0. The van der Waals surface area contributed by atoms with E-state index >= 15 is 0 Å². The summed E-state index contributed by atoms with van der Waals surface area (Å²) in [7, 11) is 0. The van der Waals surface area contributed by atoms with Crippen molar-refractivity contribution in [2.45, 2.75) is 139 Å². The molecule has 155 valence electrons. The molecule has 0 aromatic rings. The zero-order valence-electron chi connectivity index (χ0n) is 18.3. The molecule has 0 atom stereocenters. The van der Waals surface area contributed by atoms with Crippen LogP contribution in [0.5, 0.6) is 0 Å². The Labute approximate surface area is 184 Å². The summed E-state index contributed by atoms with van der Waals surface area (Å²) in [5.41, 5.74) is 0.760. The molecular formula is C26H47Sn. The Morgan fingerprint density at radius 2 is 0.852 bits per heavy atom. The second-order valence-electron chi connectivity index (χ2n) is 10.4. The van der Waals surface area contributed by atoms with E-state index in [4.69, 9.17) is 0 Å². The molecule has 0 bridgehead atoms. The van der Waals surface area contributed by atoms with Crippen LogP contribution >= 0.6 is 0 Å². The molecule has 27 heavy (non-hydrogen) atoms. The Morgan fingerprint density at radius 1 is 0.481 bits per heavy atom. The van der Waals surface area contributed by atoms with E-state index in [9.17, 15) is 0 Å². The molecule has 1 heteroatoms. The number of unbranched alkanes of at least 4 members (excludes halogenated alkanes) is 4. The summed E-state index contributed by atoms with van der Waals surface area (Å²) < 4.78 is 1.48. The predicted octanol–water partition coefficient (Wildman–Crippen LogP) is 8.64. The third-order valence-corrected chi connectivity index (χ3v) is 9.89. The molecule has 0 aromatic carbocycles. The molecule has 3 radical (unpaired) electrons. The first-order valence-electron chi connectivity index (χ1n) is 13.0. The molecule has 0 aliphatic heterocycles. The van der Waals surface area contributed by atoms with Crippen LogP contribution in [0.2, 0.25) is 4.44 Å². The fourth-order valence-corrected chi connectivity index (χ4v) is 8.33. The molecule has 3 aliphatic rings. The van der Waals surface area contributed by atoms with E-state index in [1.165, 1.54) is 49.4 Å². The molecule has 0 N–H and O–H groups in total. The van der Waals surface area contributed by atoms with Gasteiger partial charge in [0.1, 0.15) is 0 Å². The van der Waals surface area contributed by atoms with Crippen LogP contribution in [-0.4, -0.2) is 22.5 Å². The van der Waals surface area contributed by atoms with E-state index in [0.717, 1.165) is 23.2 Å². The Morgan fingerprint density at radius 3 is 1.26 bits per heavy atom. The van der Waals surface area contributed by atoms with Gasteiger partial charge >= 0.3 is 185 Å². The molecule has 0 amide bonds. The summed E-state index contributed by atoms with van der Waals surface area (Å²) >= 11 is 1.74. The van der Waals surface area contributed by atoms with E-state index in [0.29, 0.717) is 0 Å². The van der Waals surface area contributed by atoms with Crippen molar-refractivity contribution in [3.8, 4) is 0 Å². The van der Waals surface area contributed by atoms with Crippen LogP contribution in [0, 0.1) is 23.2 Å². The zero-order valence-corrected chi connectivity index (χ0v) is 21.1. The molecule has 0 saturated heterocycles. The monoisotopic (exact) mass is 479 g/mol. The van der Waals surface area contributed by atoms with Gasteiger partial charge in [-0.3, -0.25) is 0 Å². The van der Waals surface area contributed by atoms with Crippen LogP contribution in [-0.2, 0) is 0 Å². The SMILES string of the molecule is [Sn][CH2]CCCCCCC(C1CCCCC1)(C1CCCCC1)C1CCCCC1. The van der Waals surface area contributed by atoms with Gasteiger partial charge in [0.05, 0.1) is 0 Å². The number of rotatable bonds is 10. The van der Waals surface area contributed by atoms with Crippen molar-refractivity contribution in [1.29, 1.82) is 0 Å². The summed E-state index contributed by atoms with van der Waals surface area (Å²) in [5.74, 6) is 3.28.